The van der Waals surface area contributed by atoms with Gasteiger partial charge in [-0.3, -0.25) is 15.5 Å². The molecule has 0 aliphatic carbocycles. The highest BCUT2D eigenvalue weighted by molar-refractivity contribution is 8.14. The summed E-state index contributed by atoms with van der Waals surface area (Å²) in [7, 11) is 4.53. The number of hydrogen-bond acceptors (Lipinski definition) is 9. The zero-order valence-corrected chi connectivity index (χ0v) is 21.1. The molecule has 0 amide bonds. The number of hydrogen-bond donors (Lipinski definition) is 2. The number of carbonyl (C=O) groups excluding carboxylic acids is 1. The molecule has 0 fully saturated rings. The van der Waals surface area contributed by atoms with Gasteiger partial charge in [0.2, 0.25) is 5.12 Å². The Hall–Kier alpha value is -3.56. The molecule has 8 nitrogen and oxygen atoms in total. The monoisotopic (exact) mass is 496 g/mol. The van der Waals surface area contributed by atoms with Gasteiger partial charge in [0, 0.05) is 16.4 Å². The van der Waals surface area contributed by atoms with Gasteiger partial charge in [0.15, 0.2) is 0 Å². The summed E-state index contributed by atoms with van der Waals surface area (Å²) in [5.41, 5.74) is 4.86. The van der Waals surface area contributed by atoms with Gasteiger partial charge < -0.3 is 14.2 Å². The molecule has 0 saturated carbocycles. The lowest BCUT2D eigenvalue weighted by molar-refractivity contribution is 0.108. The van der Waals surface area contributed by atoms with Crippen LogP contribution < -0.4 is 19.7 Å². The third-order valence-electron chi connectivity index (χ3n) is 5.49. The SMILES string of the molecule is COc1cccc(C(=O)SC(CC=C(C)C)c2cc(OC)c3c(NO)ccc(N=O)c3c2OC)c1. The molecule has 0 saturated heterocycles. The Morgan fingerprint density at radius 2 is 1.86 bits per heavy atom. The number of methoxy groups -OCH3 is 3. The molecule has 3 rings (SSSR count). The van der Waals surface area contributed by atoms with Crippen LogP contribution in [-0.4, -0.2) is 31.7 Å². The fourth-order valence-corrected chi connectivity index (χ4v) is 4.83. The standard InChI is InChI=1S/C26H28N2O6S/c1-15(2)9-12-22(35-26(29)16-7-6-8-17(13-16)32-3)18-14-21(33-4)23-19(27-30)10-11-20(28-31)24(23)25(18)34-5/h6-11,13-14,22,27,30H,12H2,1-5H3. The number of benzene rings is 3. The molecule has 1 atom stereocenters. The molecule has 0 aromatic heterocycles. The lowest BCUT2D eigenvalue weighted by Crippen LogP contribution is -2.05. The van der Waals surface area contributed by atoms with E-state index in [2.05, 4.69) is 10.7 Å². The van der Waals surface area contributed by atoms with E-state index in [1.54, 1.807) is 37.4 Å². The fourth-order valence-electron chi connectivity index (χ4n) is 3.82. The summed E-state index contributed by atoms with van der Waals surface area (Å²) >= 11 is 1.14. The number of nitroso groups, excluding NO2 is 1. The van der Waals surface area contributed by atoms with E-state index in [1.165, 1.54) is 26.4 Å². The van der Waals surface area contributed by atoms with Crippen molar-refractivity contribution in [2.45, 2.75) is 25.5 Å². The van der Waals surface area contributed by atoms with Gasteiger partial charge >= 0.3 is 0 Å². The van der Waals surface area contributed by atoms with Crippen LogP contribution in [0.15, 0.2) is 59.3 Å². The number of nitrogens with zero attached hydrogens (tertiary/aromatic N) is 1. The number of ether oxygens (including phenoxy) is 3. The first-order chi connectivity index (χ1) is 16.9. The Morgan fingerprint density at radius 1 is 1.09 bits per heavy atom. The molecule has 184 valence electrons. The van der Waals surface area contributed by atoms with Crippen LogP contribution in [0, 0.1) is 4.91 Å². The van der Waals surface area contributed by atoms with Gasteiger partial charge in [-0.15, -0.1) is 4.91 Å². The van der Waals surface area contributed by atoms with Crippen LogP contribution in [-0.2, 0) is 0 Å². The van der Waals surface area contributed by atoms with Gasteiger partial charge in [-0.1, -0.05) is 35.5 Å². The van der Waals surface area contributed by atoms with Crippen LogP contribution in [0.25, 0.3) is 10.8 Å². The molecule has 3 aromatic rings. The maximum Gasteiger partial charge on any atom is 0.220 e. The summed E-state index contributed by atoms with van der Waals surface area (Å²) < 4.78 is 16.7. The van der Waals surface area contributed by atoms with E-state index in [0.29, 0.717) is 51.3 Å². The number of thioether (sulfide) groups is 1. The van der Waals surface area contributed by atoms with Crippen molar-refractivity contribution in [1.29, 1.82) is 0 Å². The van der Waals surface area contributed by atoms with Crippen LogP contribution in [0.4, 0.5) is 11.4 Å². The predicted molar refractivity (Wildman–Crippen MR) is 140 cm³/mol. The molecule has 3 aromatic carbocycles. The Labute approximate surface area is 208 Å². The number of fused-ring (bicyclic) bond motifs is 1. The van der Waals surface area contributed by atoms with Crippen molar-refractivity contribution in [2.75, 3.05) is 26.8 Å². The third-order valence-corrected chi connectivity index (χ3v) is 6.67. The highest BCUT2D eigenvalue weighted by Crippen LogP contribution is 2.50. The molecule has 2 N–H and O–H groups in total. The third kappa shape index (κ3) is 5.58. The second kappa shape index (κ2) is 11.7. The molecule has 0 aliphatic heterocycles. The largest absolute Gasteiger partial charge is 0.497 e. The molecular formula is C26H28N2O6S. The highest BCUT2D eigenvalue weighted by Gasteiger charge is 2.27. The lowest BCUT2D eigenvalue weighted by atomic mass is 9.97. The van der Waals surface area contributed by atoms with Gasteiger partial charge in [-0.05, 0) is 55.8 Å². The first-order valence-corrected chi connectivity index (χ1v) is 11.7. The summed E-state index contributed by atoms with van der Waals surface area (Å²) in [6.07, 6.45) is 2.56. The van der Waals surface area contributed by atoms with Gasteiger partial charge in [0.1, 0.15) is 22.9 Å². The van der Waals surface area contributed by atoms with Crippen molar-refractivity contribution in [3.8, 4) is 17.2 Å². The van der Waals surface area contributed by atoms with E-state index in [1.807, 2.05) is 19.9 Å². The van der Waals surface area contributed by atoms with Gasteiger partial charge in [0.25, 0.3) is 0 Å². The number of rotatable bonds is 10. The van der Waals surface area contributed by atoms with Crippen LogP contribution in [0.1, 0.15) is 41.4 Å². The van der Waals surface area contributed by atoms with E-state index < -0.39 is 0 Å². The van der Waals surface area contributed by atoms with Gasteiger partial charge in [-0.2, -0.15) is 0 Å². The second-order valence-electron chi connectivity index (χ2n) is 7.93. The van der Waals surface area contributed by atoms with Crippen LogP contribution in [0.3, 0.4) is 0 Å². The number of allylic oxidation sites excluding steroid dienone is 2. The minimum atomic E-state index is -0.373. The minimum absolute atomic E-state index is 0.126. The molecule has 35 heavy (non-hydrogen) atoms. The van der Waals surface area contributed by atoms with E-state index in [9.17, 15) is 14.9 Å². The molecule has 0 bridgehead atoms. The summed E-state index contributed by atoms with van der Waals surface area (Å²) in [6, 6.07) is 11.8. The number of nitrogens with one attached hydrogen (secondary N) is 1. The highest BCUT2D eigenvalue weighted by atomic mass is 32.2. The topological polar surface area (TPSA) is 106 Å². The molecule has 0 radical (unpaired) electrons. The van der Waals surface area contributed by atoms with Crippen molar-refractivity contribution >= 4 is 39.0 Å². The second-order valence-corrected chi connectivity index (χ2v) is 9.11. The predicted octanol–water partition coefficient (Wildman–Crippen LogP) is 7.04. The Bertz CT molecular complexity index is 1270. The quantitative estimate of drug-likeness (QED) is 0.175. The van der Waals surface area contributed by atoms with Crippen LogP contribution in [0.2, 0.25) is 0 Å². The summed E-state index contributed by atoms with van der Waals surface area (Å²) in [5.74, 6) is 1.37. The van der Waals surface area contributed by atoms with E-state index in [4.69, 9.17) is 14.2 Å². The normalized spacial score (nSPS) is 11.5. The zero-order chi connectivity index (χ0) is 25.5. The Balaban J connectivity index is 2.23. The lowest BCUT2D eigenvalue weighted by Gasteiger charge is -2.22. The smallest absolute Gasteiger partial charge is 0.220 e. The zero-order valence-electron chi connectivity index (χ0n) is 20.2. The van der Waals surface area contributed by atoms with Crippen molar-refractivity contribution in [3.05, 3.63) is 70.1 Å². The fraction of sp³-hybridized carbons (Fsp3) is 0.269. The molecule has 0 aliphatic rings. The molecule has 1 unspecified atom stereocenters. The first kappa shape index (κ1) is 26.1. The van der Waals surface area contributed by atoms with Crippen molar-refractivity contribution in [1.82, 2.24) is 0 Å². The molecule has 0 spiro atoms. The first-order valence-electron chi connectivity index (χ1n) is 10.8. The number of anilines is 1. The number of carbonyl (C=O) groups is 1. The van der Waals surface area contributed by atoms with Gasteiger partial charge in [-0.25, -0.2) is 0 Å². The van der Waals surface area contributed by atoms with E-state index in [-0.39, 0.29) is 16.1 Å². The van der Waals surface area contributed by atoms with Crippen LogP contribution >= 0.6 is 11.8 Å². The molecular weight excluding hydrogens is 468 g/mol. The summed E-state index contributed by atoms with van der Waals surface area (Å²) in [4.78, 5) is 25.0. The Morgan fingerprint density at radius 3 is 2.46 bits per heavy atom. The van der Waals surface area contributed by atoms with Gasteiger partial charge in [0.05, 0.1) is 37.8 Å². The minimum Gasteiger partial charge on any atom is -0.497 e. The Kier molecular flexibility index (Phi) is 8.73. The molecule has 9 heteroatoms. The van der Waals surface area contributed by atoms with E-state index >= 15 is 0 Å². The average molecular weight is 497 g/mol. The summed E-state index contributed by atoms with van der Waals surface area (Å²) in [6.45, 7) is 3.97. The van der Waals surface area contributed by atoms with Crippen molar-refractivity contribution in [3.63, 3.8) is 0 Å². The molecule has 0 heterocycles. The van der Waals surface area contributed by atoms with Crippen molar-refractivity contribution < 1.29 is 24.2 Å². The maximum absolute atomic E-state index is 13.3. The average Bonchev–Trinajstić information content (AvgIpc) is 2.89. The van der Waals surface area contributed by atoms with E-state index in [0.717, 1.165) is 17.3 Å². The summed E-state index contributed by atoms with van der Waals surface area (Å²) in [5, 5.41) is 13.1. The van der Waals surface area contributed by atoms with Crippen LogP contribution in [0.5, 0.6) is 17.2 Å². The van der Waals surface area contributed by atoms with Crippen molar-refractivity contribution in [2.24, 2.45) is 5.18 Å². The maximum atomic E-state index is 13.3.